The van der Waals surface area contributed by atoms with Crippen molar-refractivity contribution in [2.45, 2.75) is 32.6 Å². The molecular weight excluding hydrogens is 264 g/mol. The smallest absolute Gasteiger partial charge is 0.226 e. The normalized spacial score (nSPS) is 23.9. The van der Waals surface area contributed by atoms with Crippen molar-refractivity contribution in [1.29, 1.82) is 0 Å². The lowest BCUT2D eigenvalue weighted by Gasteiger charge is -2.37. The van der Waals surface area contributed by atoms with E-state index >= 15 is 0 Å². The molecule has 0 aliphatic carbocycles. The van der Waals surface area contributed by atoms with Gasteiger partial charge in [0.25, 0.3) is 0 Å². The highest BCUT2D eigenvalue weighted by atomic mass is 16.2. The van der Waals surface area contributed by atoms with Crippen LogP contribution in [0.5, 0.6) is 0 Å². The van der Waals surface area contributed by atoms with E-state index in [0.717, 1.165) is 78.0 Å². The topological polar surface area (TPSA) is 47.6 Å². The Labute approximate surface area is 129 Å². The van der Waals surface area contributed by atoms with Gasteiger partial charge in [0, 0.05) is 39.3 Å². The average molecular weight is 296 g/mol. The van der Waals surface area contributed by atoms with Crippen LogP contribution in [0.3, 0.4) is 0 Å². The average Bonchev–Trinajstić information content (AvgIpc) is 2.50. The van der Waals surface area contributed by atoms with Crippen molar-refractivity contribution in [3.63, 3.8) is 0 Å². The van der Waals surface area contributed by atoms with Gasteiger partial charge in [0.15, 0.2) is 0 Å². The first kappa shape index (κ1) is 16.7. The maximum Gasteiger partial charge on any atom is 0.226 e. The molecule has 21 heavy (non-hydrogen) atoms. The molecule has 1 amide bonds. The third-order valence-electron chi connectivity index (χ3n) is 5.08. The van der Waals surface area contributed by atoms with E-state index in [0.29, 0.717) is 5.91 Å². The molecule has 2 rings (SSSR count). The van der Waals surface area contributed by atoms with Crippen LogP contribution in [0.2, 0.25) is 0 Å². The van der Waals surface area contributed by atoms with E-state index in [4.69, 9.17) is 0 Å². The van der Waals surface area contributed by atoms with Crippen molar-refractivity contribution in [1.82, 2.24) is 20.4 Å². The summed E-state index contributed by atoms with van der Waals surface area (Å²) in [7, 11) is 2.17. The molecular formula is C16H32N4O. The van der Waals surface area contributed by atoms with Gasteiger partial charge in [0.05, 0.1) is 5.41 Å². The number of carbonyl (C=O) groups excluding carboxylic acids is 1. The first-order valence-electron chi connectivity index (χ1n) is 8.56. The van der Waals surface area contributed by atoms with Gasteiger partial charge in [-0.25, -0.2) is 0 Å². The second-order valence-corrected chi connectivity index (χ2v) is 6.68. The molecule has 5 heteroatoms. The summed E-state index contributed by atoms with van der Waals surface area (Å²) in [6.45, 7) is 10.4. The van der Waals surface area contributed by atoms with Gasteiger partial charge in [-0.15, -0.1) is 0 Å². The molecule has 0 atom stereocenters. The predicted molar refractivity (Wildman–Crippen MR) is 86.4 cm³/mol. The van der Waals surface area contributed by atoms with Crippen molar-refractivity contribution in [2.75, 3.05) is 59.4 Å². The quantitative estimate of drug-likeness (QED) is 0.750. The van der Waals surface area contributed by atoms with Crippen molar-refractivity contribution >= 4 is 5.91 Å². The number of piperidine rings is 1. The number of hydrogen-bond acceptors (Lipinski definition) is 4. The van der Waals surface area contributed by atoms with Gasteiger partial charge in [-0.2, -0.15) is 0 Å². The minimum absolute atomic E-state index is 0.109. The van der Waals surface area contributed by atoms with Crippen LogP contribution in [-0.2, 0) is 4.79 Å². The molecule has 2 saturated heterocycles. The van der Waals surface area contributed by atoms with E-state index in [1.165, 1.54) is 0 Å². The lowest BCUT2D eigenvalue weighted by Crippen LogP contribution is -2.50. The minimum Gasteiger partial charge on any atom is -0.354 e. The molecule has 2 fully saturated rings. The van der Waals surface area contributed by atoms with E-state index in [9.17, 15) is 4.79 Å². The highest BCUT2D eigenvalue weighted by Crippen LogP contribution is 2.34. The summed E-state index contributed by atoms with van der Waals surface area (Å²) in [4.78, 5) is 17.5. The molecule has 0 aromatic rings. The fourth-order valence-corrected chi connectivity index (χ4v) is 3.56. The van der Waals surface area contributed by atoms with Crippen LogP contribution in [0, 0.1) is 5.41 Å². The molecule has 0 aromatic heterocycles. The lowest BCUT2D eigenvalue weighted by atomic mass is 9.74. The van der Waals surface area contributed by atoms with Crippen LogP contribution in [0.1, 0.15) is 32.6 Å². The summed E-state index contributed by atoms with van der Waals surface area (Å²) >= 11 is 0. The van der Waals surface area contributed by atoms with Crippen LogP contribution < -0.4 is 10.6 Å². The molecule has 0 aromatic carbocycles. The van der Waals surface area contributed by atoms with E-state index in [1.807, 2.05) is 0 Å². The Balaban J connectivity index is 1.74. The van der Waals surface area contributed by atoms with Crippen LogP contribution in [-0.4, -0.2) is 75.1 Å². The number of rotatable bonds is 6. The molecule has 5 nitrogen and oxygen atoms in total. The van der Waals surface area contributed by atoms with Crippen molar-refractivity contribution in [2.24, 2.45) is 5.41 Å². The summed E-state index contributed by atoms with van der Waals surface area (Å²) in [6, 6.07) is 0. The molecule has 2 aliphatic rings. The number of carbonyl (C=O) groups is 1. The van der Waals surface area contributed by atoms with Gasteiger partial charge in [-0.1, -0.05) is 13.3 Å². The van der Waals surface area contributed by atoms with Crippen molar-refractivity contribution in [3.05, 3.63) is 0 Å². The van der Waals surface area contributed by atoms with E-state index in [1.54, 1.807) is 0 Å². The van der Waals surface area contributed by atoms with Crippen molar-refractivity contribution < 1.29 is 4.79 Å². The number of nitrogens with zero attached hydrogens (tertiary/aromatic N) is 2. The standard InChI is InChI=1S/C16H32N4O/c1-3-4-16(5-7-17-8-6-16)15(21)18-9-10-20-13-11-19(2)12-14-20/h17H,3-14H2,1-2H3,(H,18,21). The molecule has 0 spiro atoms. The number of amides is 1. The van der Waals surface area contributed by atoms with Crippen LogP contribution in [0.25, 0.3) is 0 Å². The molecule has 2 N–H and O–H groups in total. The first-order chi connectivity index (χ1) is 10.2. The van der Waals surface area contributed by atoms with Gasteiger partial charge in [0.2, 0.25) is 5.91 Å². The van der Waals surface area contributed by atoms with Gasteiger partial charge < -0.3 is 15.5 Å². The van der Waals surface area contributed by atoms with Crippen molar-refractivity contribution in [3.8, 4) is 0 Å². The monoisotopic (exact) mass is 296 g/mol. The van der Waals surface area contributed by atoms with E-state index in [-0.39, 0.29) is 5.41 Å². The highest BCUT2D eigenvalue weighted by molar-refractivity contribution is 5.82. The van der Waals surface area contributed by atoms with Gasteiger partial charge in [-0.3, -0.25) is 9.69 Å². The Morgan fingerprint density at radius 3 is 2.48 bits per heavy atom. The zero-order chi connectivity index (χ0) is 15.1. The zero-order valence-electron chi connectivity index (χ0n) is 13.8. The molecule has 0 bridgehead atoms. The Morgan fingerprint density at radius 2 is 1.86 bits per heavy atom. The van der Waals surface area contributed by atoms with E-state index < -0.39 is 0 Å². The number of nitrogens with one attached hydrogen (secondary N) is 2. The third kappa shape index (κ3) is 4.66. The predicted octanol–water partition coefficient (Wildman–Crippen LogP) is 0.520. The van der Waals surface area contributed by atoms with Crippen LogP contribution >= 0.6 is 0 Å². The highest BCUT2D eigenvalue weighted by Gasteiger charge is 2.38. The molecule has 2 aliphatic heterocycles. The second-order valence-electron chi connectivity index (χ2n) is 6.68. The Kier molecular flexibility index (Phi) is 6.45. The van der Waals surface area contributed by atoms with Gasteiger partial charge >= 0.3 is 0 Å². The number of likely N-dealkylation sites (N-methyl/N-ethyl adjacent to an activating group) is 1. The zero-order valence-corrected chi connectivity index (χ0v) is 13.8. The minimum atomic E-state index is -0.109. The summed E-state index contributed by atoms with van der Waals surface area (Å²) < 4.78 is 0. The molecule has 122 valence electrons. The third-order valence-corrected chi connectivity index (χ3v) is 5.08. The second kappa shape index (κ2) is 8.11. The SMILES string of the molecule is CCCC1(C(=O)NCCN2CCN(C)CC2)CCNCC1. The number of piperazine rings is 1. The maximum absolute atomic E-state index is 12.6. The Hall–Kier alpha value is -0.650. The van der Waals surface area contributed by atoms with Crippen LogP contribution in [0.15, 0.2) is 0 Å². The van der Waals surface area contributed by atoms with Crippen LogP contribution in [0.4, 0.5) is 0 Å². The Bertz CT molecular complexity index is 315. The molecule has 0 radical (unpaired) electrons. The van der Waals surface area contributed by atoms with Gasteiger partial charge in [-0.05, 0) is 39.4 Å². The van der Waals surface area contributed by atoms with Gasteiger partial charge in [0.1, 0.15) is 0 Å². The Morgan fingerprint density at radius 1 is 1.19 bits per heavy atom. The first-order valence-corrected chi connectivity index (χ1v) is 8.56. The largest absolute Gasteiger partial charge is 0.354 e. The fraction of sp³-hybridized carbons (Fsp3) is 0.938. The summed E-state index contributed by atoms with van der Waals surface area (Å²) in [5.41, 5.74) is -0.109. The van der Waals surface area contributed by atoms with E-state index in [2.05, 4.69) is 34.4 Å². The molecule has 0 unspecified atom stereocenters. The fourth-order valence-electron chi connectivity index (χ4n) is 3.56. The summed E-state index contributed by atoms with van der Waals surface area (Å²) in [6.07, 6.45) is 4.09. The maximum atomic E-state index is 12.6. The number of hydrogen-bond donors (Lipinski definition) is 2. The summed E-state index contributed by atoms with van der Waals surface area (Å²) in [5.74, 6) is 0.292. The lowest BCUT2D eigenvalue weighted by molar-refractivity contribution is -0.133. The summed E-state index contributed by atoms with van der Waals surface area (Å²) in [5, 5.41) is 6.59. The molecule has 2 heterocycles. The molecule has 0 saturated carbocycles.